The van der Waals surface area contributed by atoms with E-state index in [1.54, 1.807) is 0 Å². The normalized spacial score (nSPS) is 15.7. The third kappa shape index (κ3) is 6.95. The van der Waals surface area contributed by atoms with Crippen LogP contribution >= 0.6 is 0 Å². The molecule has 0 aliphatic rings. The Morgan fingerprint density at radius 3 is 2.08 bits per heavy atom. The highest BCUT2D eigenvalue weighted by Gasteiger charge is 2.12. The van der Waals surface area contributed by atoms with E-state index < -0.39 is 6.10 Å². The van der Waals surface area contributed by atoms with Crippen molar-refractivity contribution in [1.82, 2.24) is 0 Å². The maximum absolute atomic E-state index is 9.11. The van der Waals surface area contributed by atoms with Crippen LogP contribution in [0.2, 0.25) is 0 Å². The van der Waals surface area contributed by atoms with Gasteiger partial charge in [0, 0.05) is 13.2 Å². The van der Waals surface area contributed by atoms with E-state index in [2.05, 4.69) is 0 Å². The van der Waals surface area contributed by atoms with Crippen molar-refractivity contribution in [3.8, 4) is 0 Å². The van der Waals surface area contributed by atoms with Gasteiger partial charge in [0.1, 0.15) is 0 Å². The molecule has 0 rings (SSSR count). The van der Waals surface area contributed by atoms with Crippen molar-refractivity contribution in [2.45, 2.75) is 31.8 Å². The summed E-state index contributed by atoms with van der Waals surface area (Å²) in [5, 5.41) is 35.1. The van der Waals surface area contributed by atoms with E-state index in [9.17, 15) is 0 Å². The molecule has 0 aliphatic heterocycles. The molecule has 80 valence electrons. The molecule has 4 nitrogen and oxygen atoms in total. The fraction of sp³-hybridized carbons (Fsp3) is 1.00. The fourth-order valence-corrected chi connectivity index (χ4v) is 1.29. The molecule has 0 aromatic heterocycles. The summed E-state index contributed by atoms with van der Waals surface area (Å²) < 4.78 is 0. The van der Waals surface area contributed by atoms with Crippen molar-refractivity contribution >= 4 is 0 Å². The first kappa shape index (κ1) is 12.8. The van der Waals surface area contributed by atoms with Gasteiger partial charge in [0.2, 0.25) is 0 Å². The van der Waals surface area contributed by atoms with Gasteiger partial charge in [0.25, 0.3) is 0 Å². The van der Waals surface area contributed by atoms with Gasteiger partial charge in [-0.25, -0.2) is 0 Å². The minimum Gasteiger partial charge on any atom is -0.396 e. The maximum Gasteiger partial charge on any atom is 0.0774 e. The summed E-state index contributed by atoms with van der Waals surface area (Å²) in [6.45, 7) is -0.0559. The molecule has 0 saturated carbocycles. The lowest BCUT2D eigenvalue weighted by molar-refractivity contribution is 0.0599. The Labute approximate surface area is 78.8 Å². The zero-order valence-corrected chi connectivity index (χ0v) is 7.89. The third-order valence-corrected chi connectivity index (χ3v) is 2.09. The van der Waals surface area contributed by atoms with Crippen LogP contribution in [0.3, 0.4) is 0 Å². The van der Waals surface area contributed by atoms with Crippen molar-refractivity contribution in [2.75, 3.05) is 19.8 Å². The second kappa shape index (κ2) is 8.44. The lowest BCUT2D eigenvalue weighted by Gasteiger charge is -2.16. The standard InChI is InChI=1S/C9H20O4/c10-4-2-1-3-8(6-11)5-9(13)7-12/h8-13H,1-7H2. The van der Waals surface area contributed by atoms with Crippen LogP contribution in [0.15, 0.2) is 0 Å². The topological polar surface area (TPSA) is 80.9 Å². The molecular weight excluding hydrogens is 172 g/mol. The summed E-state index contributed by atoms with van der Waals surface area (Å²) in [4.78, 5) is 0. The van der Waals surface area contributed by atoms with Gasteiger partial charge in [-0.05, 0) is 25.2 Å². The first-order valence-corrected chi connectivity index (χ1v) is 4.75. The van der Waals surface area contributed by atoms with Crippen LogP contribution in [0, 0.1) is 5.92 Å². The first-order chi connectivity index (χ1) is 6.24. The molecule has 0 radical (unpaired) electrons. The minimum absolute atomic E-state index is 0.0302. The summed E-state index contributed by atoms with van der Waals surface area (Å²) in [6, 6.07) is 0. The molecular formula is C9H20O4. The number of aliphatic hydroxyl groups is 4. The number of aliphatic hydroxyl groups excluding tert-OH is 4. The van der Waals surface area contributed by atoms with Crippen molar-refractivity contribution < 1.29 is 20.4 Å². The average Bonchev–Trinajstić information content (AvgIpc) is 2.16. The van der Waals surface area contributed by atoms with Crippen LogP contribution in [-0.4, -0.2) is 46.4 Å². The predicted octanol–water partition coefficient (Wildman–Crippen LogP) is -0.499. The molecule has 0 aromatic rings. The van der Waals surface area contributed by atoms with Crippen LogP contribution in [0.25, 0.3) is 0 Å². The molecule has 4 heteroatoms. The van der Waals surface area contributed by atoms with E-state index in [0.717, 1.165) is 19.3 Å². The molecule has 0 saturated heterocycles. The second-order valence-corrected chi connectivity index (χ2v) is 3.34. The Morgan fingerprint density at radius 2 is 1.62 bits per heavy atom. The quantitative estimate of drug-likeness (QED) is 0.391. The lowest BCUT2D eigenvalue weighted by Crippen LogP contribution is -2.19. The van der Waals surface area contributed by atoms with Gasteiger partial charge >= 0.3 is 0 Å². The van der Waals surface area contributed by atoms with E-state index in [-0.39, 0.29) is 25.7 Å². The SMILES string of the molecule is OCCCCC(CO)CC(O)CO. The summed E-state index contributed by atoms with van der Waals surface area (Å²) in [7, 11) is 0. The van der Waals surface area contributed by atoms with Crippen LogP contribution in [0.1, 0.15) is 25.7 Å². The first-order valence-electron chi connectivity index (χ1n) is 4.75. The molecule has 2 atom stereocenters. The smallest absolute Gasteiger partial charge is 0.0774 e. The number of hydrogen-bond acceptors (Lipinski definition) is 4. The summed E-state index contributed by atoms with van der Waals surface area (Å²) in [5.74, 6) is 0.0358. The van der Waals surface area contributed by atoms with Crippen molar-refractivity contribution in [2.24, 2.45) is 5.92 Å². The van der Waals surface area contributed by atoms with Gasteiger partial charge in [-0.2, -0.15) is 0 Å². The molecule has 4 N–H and O–H groups in total. The van der Waals surface area contributed by atoms with Gasteiger partial charge in [-0.3, -0.25) is 0 Å². The van der Waals surface area contributed by atoms with E-state index in [1.165, 1.54) is 0 Å². The molecule has 0 bridgehead atoms. The Bertz CT molecular complexity index is 108. The van der Waals surface area contributed by atoms with Crippen LogP contribution < -0.4 is 0 Å². The van der Waals surface area contributed by atoms with Crippen molar-refractivity contribution in [3.63, 3.8) is 0 Å². The van der Waals surface area contributed by atoms with E-state index in [0.29, 0.717) is 6.42 Å². The average molecular weight is 192 g/mol. The summed E-state index contributed by atoms with van der Waals surface area (Å²) in [5.41, 5.74) is 0. The minimum atomic E-state index is -0.730. The van der Waals surface area contributed by atoms with Crippen LogP contribution in [0.4, 0.5) is 0 Å². The molecule has 13 heavy (non-hydrogen) atoms. The van der Waals surface area contributed by atoms with E-state index in [1.807, 2.05) is 0 Å². The van der Waals surface area contributed by atoms with Gasteiger partial charge in [-0.15, -0.1) is 0 Å². The number of hydrogen-bond donors (Lipinski definition) is 4. The van der Waals surface area contributed by atoms with E-state index in [4.69, 9.17) is 20.4 Å². The van der Waals surface area contributed by atoms with Gasteiger partial charge in [0.15, 0.2) is 0 Å². The fourth-order valence-electron chi connectivity index (χ4n) is 1.29. The molecule has 0 heterocycles. The largest absolute Gasteiger partial charge is 0.396 e. The van der Waals surface area contributed by atoms with Crippen LogP contribution in [0.5, 0.6) is 0 Å². The van der Waals surface area contributed by atoms with Gasteiger partial charge < -0.3 is 20.4 Å². The molecule has 2 unspecified atom stereocenters. The van der Waals surface area contributed by atoms with E-state index >= 15 is 0 Å². The zero-order valence-electron chi connectivity index (χ0n) is 7.89. The van der Waals surface area contributed by atoms with Gasteiger partial charge in [0.05, 0.1) is 12.7 Å². The highest BCUT2D eigenvalue weighted by Crippen LogP contribution is 2.14. The molecule has 0 amide bonds. The van der Waals surface area contributed by atoms with Crippen LogP contribution in [-0.2, 0) is 0 Å². The Balaban J connectivity index is 3.50. The number of unbranched alkanes of at least 4 members (excludes halogenated alkanes) is 1. The zero-order chi connectivity index (χ0) is 10.1. The molecule has 0 fully saturated rings. The van der Waals surface area contributed by atoms with Crippen molar-refractivity contribution in [3.05, 3.63) is 0 Å². The Kier molecular flexibility index (Phi) is 8.33. The highest BCUT2D eigenvalue weighted by atomic mass is 16.3. The Hall–Kier alpha value is -0.160. The molecule has 0 spiro atoms. The summed E-state index contributed by atoms with van der Waals surface area (Å²) >= 11 is 0. The maximum atomic E-state index is 9.11. The lowest BCUT2D eigenvalue weighted by atomic mass is 9.96. The monoisotopic (exact) mass is 192 g/mol. The Morgan fingerprint density at radius 1 is 0.923 bits per heavy atom. The molecule has 0 aliphatic carbocycles. The second-order valence-electron chi connectivity index (χ2n) is 3.34. The van der Waals surface area contributed by atoms with Gasteiger partial charge in [-0.1, -0.05) is 6.42 Å². The summed E-state index contributed by atoms with van der Waals surface area (Å²) in [6.07, 6.45) is 2.06. The number of rotatable bonds is 8. The molecule has 0 aromatic carbocycles. The van der Waals surface area contributed by atoms with Crippen molar-refractivity contribution in [1.29, 1.82) is 0 Å². The third-order valence-electron chi connectivity index (χ3n) is 2.09. The predicted molar refractivity (Wildman–Crippen MR) is 49.2 cm³/mol. The highest BCUT2D eigenvalue weighted by molar-refractivity contribution is 4.63.